The number of nitrogens with one attached hydrogen (secondary N) is 1. The topological polar surface area (TPSA) is 72.8 Å². The predicted molar refractivity (Wildman–Crippen MR) is 117 cm³/mol. The van der Waals surface area contributed by atoms with Gasteiger partial charge in [0.05, 0.1) is 18.0 Å². The van der Waals surface area contributed by atoms with Gasteiger partial charge in [0, 0.05) is 18.7 Å². The largest absolute Gasteiger partial charge is 0.409 e. The van der Waals surface area contributed by atoms with Gasteiger partial charge in [0.2, 0.25) is 15.9 Å². The van der Waals surface area contributed by atoms with Crippen LogP contribution in [0.15, 0.2) is 33.6 Å². The zero-order valence-corrected chi connectivity index (χ0v) is 19.2. The third-order valence-electron chi connectivity index (χ3n) is 6.34. The average Bonchev–Trinajstić information content (AvgIpc) is 3.15. The Morgan fingerprint density at radius 1 is 1.13 bits per heavy atom. The van der Waals surface area contributed by atoms with E-state index in [0.717, 1.165) is 19.3 Å². The summed E-state index contributed by atoms with van der Waals surface area (Å²) in [6.07, 6.45) is 9.28. The normalized spacial score (nSPS) is 20.3. The van der Waals surface area contributed by atoms with Crippen LogP contribution in [0.2, 0.25) is 0 Å². The molecule has 7 nitrogen and oxygen atoms in total. The summed E-state index contributed by atoms with van der Waals surface area (Å²) < 4.78 is 35.1. The minimum absolute atomic E-state index is 0.280. The molecule has 0 spiro atoms. The highest BCUT2D eigenvalue weighted by atomic mass is 32.2. The second-order valence-electron chi connectivity index (χ2n) is 8.50. The molecule has 30 heavy (non-hydrogen) atoms. The Balaban J connectivity index is 1.54. The van der Waals surface area contributed by atoms with E-state index in [1.165, 1.54) is 37.0 Å². The number of piperidine rings is 1. The van der Waals surface area contributed by atoms with Crippen LogP contribution in [0.1, 0.15) is 51.4 Å². The summed E-state index contributed by atoms with van der Waals surface area (Å²) in [6.45, 7) is 1.81. The van der Waals surface area contributed by atoms with Crippen LogP contribution in [-0.2, 0) is 16.7 Å². The zero-order chi connectivity index (χ0) is 21.1. The maximum atomic E-state index is 13.0. The molecule has 2 aliphatic rings. The maximum absolute atomic E-state index is 13.0. The Morgan fingerprint density at radius 3 is 2.57 bits per heavy atom. The van der Waals surface area contributed by atoms with E-state index in [-0.39, 0.29) is 4.90 Å². The van der Waals surface area contributed by atoms with Crippen LogP contribution in [0, 0.1) is 4.84 Å². The SMILES string of the molecule is C[NH+](Cn1nc(-c2cccc(S(=O)(=O)N3CCCCC3)c2)oc1=S)C1CCCCC1. The molecule has 1 unspecified atom stereocenters. The first-order valence-corrected chi connectivity index (χ1v) is 12.8. The molecule has 0 radical (unpaired) electrons. The zero-order valence-electron chi connectivity index (χ0n) is 17.5. The van der Waals surface area contributed by atoms with Crippen molar-refractivity contribution in [3.8, 4) is 11.5 Å². The molecule has 1 aromatic heterocycles. The average molecular weight is 452 g/mol. The first-order valence-electron chi connectivity index (χ1n) is 11.0. The fraction of sp³-hybridized carbons (Fsp3) is 0.619. The number of nitrogens with zero attached hydrogens (tertiary/aromatic N) is 3. The van der Waals surface area contributed by atoms with E-state index in [1.54, 1.807) is 27.2 Å². The first kappa shape index (κ1) is 21.7. The molecule has 2 heterocycles. The van der Waals surface area contributed by atoms with Gasteiger partial charge < -0.3 is 9.32 Å². The number of hydrogen-bond donors (Lipinski definition) is 1. The smallest absolute Gasteiger partial charge is 0.292 e. The van der Waals surface area contributed by atoms with Crippen molar-refractivity contribution in [2.45, 2.75) is 69.0 Å². The molecule has 9 heteroatoms. The fourth-order valence-corrected chi connectivity index (χ4v) is 6.28. The summed E-state index contributed by atoms with van der Waals surface area (Å²) in [7, 11) is -1.32. The van der Waals surface area contributed by atoms with Crippen molar-refractivity contribution in [2.24, 2.45) is 0 Å². The summed E-state index contributed by atoms with van der Waals surface area (Å²) in [4.78, 5) is 1.99. The molecular formula is C21H31N4O3S2+. The van der Waals surface area contributed by atoms with Crippen molar-refractivity contribution in [1.29, 1.82) is 0 Å². The molecule has 0 bridgehead atoms. The van der Waals surface area contributed by atoms with Gasteiger partial charge in [-0.1, -0.05) is 18.9 Å². The van der Waals surface area contributed by atoms with E-state index in [4.69, 9.17) is 16.6 Å². The summed E-state index contributed by atoms with van der Waals surface area (Å²) in [5.74, 6) is 0.368. The third-order valence-corrected chi connectivity index (χ3v) is 8.53. The second kappa shape index (κ2) is 9.30. The predicted octanol–water partition coefficient (Wildman–Crippen LogP) is 2.85. The quantitative estimate of drug-likeness (QED) is 0.684. The molecule has 1 N–H and O–H groups in total. The Bertz CT molecular complexity index is 1020. The Kier molecular flexibility index (Phi) is 6.72. The highest BCUT2D eigenvalue weighted by molar-refractivity contribution is 7.89. The van der Waals surface area contributed by atoms with Crippen molar-refractivity contribution in [3.63, 3.8) is 0 Å². The van der Waals surface area contributed by atoms with Gasteiger partial charge in [0.1, 0.15) is 0 Å². The molecule has 1 saturated carbocycles. The number of aromatic nitrogens is 2. The van der Waals surface area contributed by atoms with E-state index >= 15 is 0 Å². The highest BCUT2D eigenvalue weighted by Crippen LogP contribution is 2.25. The van der Waals surface area contributed by atoms with Crippen LogP contribution >= 0.6 is 12.2 Å². The van der Waals surface area contributed by atoms with E-state index in [2.05, 4.69) is 12.1 Å². The first-order chi connectivity index (χ1) is 14.4. The lowest BCUT2D eigenvalue weighted by molar-refractivity contribution is -0.930. The molecule has 1 aromatic carbocycles. The van der Waals surface area contributed by atoms with Crippen molar-refractivity contribution < 1.29 is 17.7 Å². The van der Waals surface area contributed by atoms with Crippen molar-refractivity contribution in [2.75, 3.05) is 20.1 Å². The molecule has 0 amide bonds. The van der Waals surface area contributed by atoms with Crippen LogP contribution in [-0.4, -0.2) is 48.7 Å². The fourth-order valence-electron chi connectivity index (χ4n) is 4.53. The van der Waals surface area contributed by atoms with Crippen LogP contribution in [0.5, 0.6) is 0 Å². The summed E-state index contributed by atoms with van der Waals surface area (Å²) in [5.41, 5.74) is 0.633. The van der Waals surface area contributed by atoms with E-state index < -0.39 is 10.0 Å². The second-order valence-corrected chi connectivity index (χ2v) is 10.8. The lowest BCUT2D eigenvalue weighted by Crippen LogP contribution is -3.12. The maximum Gasteiger partial charge on any atom is 0.292 e. The Morgan fingerprint density at radius 2 is 1.83 bits per heavy atom. The molecule has 2 aromatic rings. The molecular weight excluding hydrogens is 420 g/mol. The lowest BCUT2D eigenvalue weighted by Gasteiger charge is -2.27. The highest BCUT2D eigenvalue weighted by Gasteiger charge is 2.27. The molecule has 164 valence electrons. The van der Waals surface area contributed by atoms with Crippen LogP contribution < -0.4 is 4.90 Å². The van der Waals surface area contributed by atoms with Gasteiger partial charge in [-0.15, -0.1) is 5.10 Å². The number of quaternary nitrogens is 1. The molecule has 2 fully saturated rings. The lowest BCUT2D eigenvalue weighted by atomic mass is 9.95. The summed E-state index contributed by atoms with van der Waals surface area (Å²) in [5, 5.41) is 4.57. The molecule has 4 rings (SSSR count). The molecule has 1 saturated heterocycles. The van der Waals surface area contributed by atoms with Crippen LogP contribution in [0.25, 0.3) is 11.5 Å². The van der Waals surface area contributed by atoms with Crippen molar-refractivity contribution in [3.05, 3.63) is 29.1 Å². The number of benzene rings is 1. The Labute approximate surface area is 183 Å². The number of hydrogen-bond acceptors (Lipinski definition) is 5. The van der Waals surface area contributed by atoms with Gasteiger partial charge >= 0.3 is 0 Å². The number of rotatable bonds is 6. The van der Waals surface area contributed by atoms with Gasteiger partial charge in [-0.05, 0) is 68.9 Å². The molecule has 1 aliphatic carbocycles. The monoisotopic (exact) mass is 451 g/mol. The third kappa shape index (κ3) is 4.69. The molecule has 1 aliphatic heterocycles. The van der Waals surface area contributed by atoms with Gasteiger partial charge in [-0.3, -0.25) is 0 Å². The van der Waals surface area contributed by atoms with E-state index in [9.17, 15) is 8.42 Å². The summed E-state index contributed by atoms with van der Waals surface area (Å²) >= 11 is 5.40. The number of sulfonamides is 1. The Hall–Kier alpha value is -1.55. The van der Waals surface area contributed by atoms with Gasteiger partial charge in [0.15, 0.2) is 6.67 Å². The van der Waals surface area contributed by atoms with Crippen molar-refractivity contribution >= 4 is 22.2 Å². The van der Waals surface area contributed by atoms with Crippen molar-refractivity contribution in [1.82, 2.24) is 14.1 Å². The van der Waals surface area contributed by atoms with E-state index in [1.807, 2.05) is 6.07 Å². The van der Waals surface area contributed by atoms with Gasteiger partial charge in [-0.25, -0.2) is 8.42 Å². The van der Waals surface area contributed by atoms with Crippen LogP contribution in [0.3, 0.4) is 0 Å². The van der Waals surface area contributed by atoms with Crippen LogP contribution in [0.4, 0.5) is 0 Å². The van der Waals surface area contributed by atoms with Gasteiger partial charge in [-0.2, -0.15) is 8.99 Å². The summed E-state index contributed by atoms with van der Waals surface area (Å²) in [6, 6.07) is 7.46. The van der Waals surface area contributed by atoms with Gasteiger partial charge in [0.25, 0.3) is 4.84 Å². The standard InChI is InChI=1S/C21H30N4O3S2/c1-23(18-10-4-2-5-11-18)16-25-21(29)28-20(22-25)17-9-8-12-19(15-17)30(26,27)24-13-6-3-7-14-24/h8-9,12,15,18H,2-7,10-11,13-14,16H2,1H3/p+1. The molecule has 1 atom stereocenters. The van der Waals surface area contributed by atoms with E-state index in [0.29, 0.717) is 42.1 Å². The minimum atomic E-state index is -3.50. The minimum Gasteiger partial charge on any atom is -0.409 e.